The molecule has 1 amide bonds. The number of carbonyl (C=O) groups excluding carboxylic acids is 1. The van der Waals surface area contributed by atoms with E-state index in [1.165, 1.54) is 51.4 Å². The zero-order valence-corrected chi connectivity index (χ0v) is 20.7. The van der Waals surface area contributed by atoms with E-state index in [-0.39, 0.29) is 17.4 Å². The number of aliphatic hydroxyl groups is 1. The Balaban J connectivity index is 1.71. The van der Waals surface area contributed by atoms with E-state index in [1.54, 1.807) is 7.05 Å². The average Bonchev–Trinajstić information content (AvgIpc) is 3.06. The predicted octanol–water partition coefficient (Wildman–Crippen LogP) is 6.19. The van der Waals surface area contributed by atoms with Gasteiger partial charge in [0.15, 0.2) is 0 Å². The van der Waals surface area contributed by atoms with Gasteiger partial charge < -0.3 is 10.4 Å². The van der Waals surface area contributed by atoms with Gasteiger partial charge in [-0.1, -0.05) is 53.9 Å². The third-order valence-electron chi connectivity index (χ3n) is 10.2. The second kappa shape index (κ2) is 9.51. The Labute approximate surface area is 186 Å². The fourth-order valence-electron chi connectivity index (χ4n) is 8.32. The molecule has 0 heterocycles. The van der Waals surface area contributed by atoms with Gasteiger partial charge in [0.05, 0.1) is 6.10 Å². The molecule has 2 N–H and O–H groups in total. The van der Waals surface area contributed by atoms with Crippen molar-refractivity contribution in [1.82, 2.24) is 5.32 Å². The Bertz CT molecular complexity index is 589. The van der Waals surface area contributed by atoms with E-state index >= 15 is 0 Å². The summed E-state index contributed by atoms with van der Waals surface area (Å²) in [6, 6.07) is 0. The molecule has 174 valence electrons. The van der Waals surface area contributed by atoms with Gasteiger partial charge in [-0.25, -0.2) is 0 Å². The predicted molar refractivity (Wildman–Crippen MR) is 125 cm³/mol. The van der Waals surface area contributed by atoms with Crippen LogP contribution in [0.3, 0.4) is 0 Å². The van der Waals surface area contributed by atoms with Crippen molar-refractivity contribution in [2.75, 3.05) is 7.05 Å². The van der Waals surface area contributed by atoms with Gasteiger partial charge >= 0.3 is 0 Å². The van der Waals surface area contributed by atoms with Gasteiger partial charge in [0, 0.05) is 13.5 Å². The first-order valence-corrected chi connectivity index (χ1v) is 13.0. The topological polar surface area (TPSA) is 49.3 Å². The first kappa shape index (κ1) is 24.1. The van der Waals surface area contributed by atoms with Crippen molar-refractivity contribution in [2.45, 2.75) is 111 Å². The van der Waals surface area contributed by atoms with Crippen LogP contribution in [0.2, 0.25) is 0 Å². The molecule has 30 heavy (non-hydrogen) atoms. The molecule has 0 aromatic carbocycles. The van der Waals surface area contributed by atoms with Gasteiger partial charge in [-0.3, -0.25) is 4.79 Å². The van der Waals surface area contributed by atoms with Crippen molar-refractivity contribution in [3.05, 3.63) is 0 Å². The minimum Gasteiger partial charge on any atom is -0.393 e. The quantitative estimate of drug-likeness (QED) is 0.492. The van der Waals surface area contributed by atoms with Crippen LogP contribution >= 0.6 is 0 Å². The molecule has 3 rings (SSSR count). The SMILES string of the molecule is CNC(=O)CCC1(C)C(O)CCC2C1CCC1(C)C(C(C)CCCC(C)C)CCC21. The summed E-state index contributed by atoms with van der Waals surface area (Å²) in [5, 5.41) is 13.8. The second-order valence-corrected chi connectivity index (χ2v) is 12.2. The Kier molecular flexibility index (Phi) is 7.63. The van der Waals surface area contributed by atoms with Crippen LogP contribution in [0.25, 0.3) is 0 Å². The van der Waals surface area contributed by atoms with Crippen molar-refractivity contribution in [1.29, 1.82) is 0 Å². The smallest absolute Gasteiger partial charge is 0.219 e. The lowest BCUT2D eigenvalue weighted by molar-refractivity contribution is -0.138. The molecule has 3 nitrogen and oxygen atoms in total. The molecule has 8 unspecified atom stereocenters. The summed E-state index contributed by atoms with van der Waals surface area (Å²) < 4.78 is 0. The van der Waals surface area contributed by atoms with Crippen LogP contribution in [0.1, 0.15) is 105 Å². The normalized spacial score (nSPS) is 41.9. The molecular weight excluding hydrogens is 370 g/mol. The Morgan fingerprint density at radius 3 is 2.43 bits per heavy atom. The number of fused-ring (bicyclic) bond motifs is 3. The molecule has 3 fully saturated rings. The lowest BCUT2D eigenvalue weighted by Crippen LogP contribution is -2.54. The fraction of sp³-hybridized carbons (Fsp3) is 0.963. The average molecular weight is 420 g/mol. The summed E-state index contributed by atoms with van der Waals surface area (Å²) in [5.41, 5.74) is 0.389. The molecule has 3 heteroatoms. The summed E-state index contributed by atoms with van der Waals surface area (Å²) >= 11 is 0. The molecule has 8 atom stereocenters. The first-order valence-electron chi connectivity index (χ1n) is 13.0. The van der Waals surface area contributed by atoms with E-state index in [1.807, 2.05) is 0 Å². The van der Waals surface area contributed by atoms with Crippen molar-refractivity contribution >= 4 is 5.91 Å². The van der Waals surface area contributed by atoms with E-state index in [0.29, 0.717) is 17.8 Å². The molecule has 0 aliphatic heterocycles. The van der Waals surface area contributed by atoms with Gasteiger partial charge in [0.2, 0.25) is 5.91 Å². The minimum absolute atomic E-state index is 0.0995. The monoisotopic (exact) mass is 419 g/mol. The molecule has 0 aromatic heterocycles. The summed E-state index contributed by atoms with van der Waals surface area (Å²) in [6.45, 7) is 12.1. The summed E-state index contributed by atoms with van der Waals surface area (Å²) in [4.78, 5) is 12.0. The number of amides is 1. The van der Waals surface area contributed by atoms with Crippen molar-refractivity contribution < 1.29 is 9.90 Å². The summed E-state index contributed by atoms with van der Waals surface area (Å²) in [6.07, 6.45) is 12.7. The van der Waals surface area contributed by atoms with Gasteiger partial charge in [-0.05, 0) is 91.3 Å². The van der Waals surface area contributed by atoms with Crippen LogP contribution in [0.4, 0.5) is 0 Å². The minimum atomic E-state index is -0.250. The van der Waals surface area contributed by atoms with E-state index < -0.39 is 0 Å². The van der Waals surface area contributed by atoms with Crippen molar-refractivity contribution in [2.24, 2.45) is 46.3 Å². The summed E-state index contributed by atoms with van der Waals surface area (Å²) in [7, 11) is 1.72. The zero-order valence-electron chi connectivity index (χ0n) is 20.7. The van der Waals surface area contributed by atoms with E-state index in [4.69, 9.17) is 0 Å². The molecule has 3 saturated carbocycles. The van der Waals surface area contributed by atoms with Crippen LogP contribution in [0.5, 0.6) is 0 Å². The fourth-order valence-corrected chi connectivity index (χ4v) is 8.32. The molecule has 0 aromatic rings. The number of aliphatic hydroxyl groups excluding tert-OH is 1. The first-order chi connectivity index (χ1) is 14.1. The highest BCUT2D eigenvalue weighted by atomic mass is 16.3. The van der Waals surface area contributed by atoms with E-state index in [0.717, 1.165) is 42.4 Å². The van der Waals surface area contributed by atoms with Gasteiger partial charge in [-0.2, -0.15) is 0 Å². The largest absolute Gasteiger partial charge is 0.393 e. The third-order valence-corrected chi connectivity index (χ3v) is 10.2. The van der Waals surface area contributed by atoms with E-state index in [2.05, 4.69) is 39.9 Å². The molecule has 0 radical (unpaired) electrons. The zero-order chi connectivity index (χ0) is 22.1. The molecule has 3 aliphatic rings. The van der Waals surface area contributed by atoms with Crippen LogP contribution in [0.15, 0.2) is 0 Å². The van der Waals surface area contributed by atoms with Gasteiger partial charge in [0.1, 0.15) is 0 Å². The molecule has 0 spiro atoms. The Morgan fingerprint density at radius 2 is 1.77 bits per heavy atom. The lowest BCUT2D eigenvalue weighted by Gasteiger charge is -2.58. The molecule has 0 saturated heterocycles. The number of carbonyl (C=O) groups is 1. The number of hydrogen-bond donors (Lipinski definition) is 2. The number of rotatable bonds is 8. The maximum atomic E-state index is 12.0. The van der Waals surface area contributed by atoms with Crippen LogP contribution in [-0.4, -0.2) is 24.2 Å². The van der Waals surface area contributed by atoms with E-state index in [9.17, 15) is 9.90 Å². The van der Waals surface area contributed by atoms with Gasteiger partial charge in [0.25, 0.3) is 0 Å². The highest BCUT2D eigenvalue weighted by molar-refractivity contribution is 5.75. The molecular formula is C27H49NO2. The standard InChI is InChI=1S/C27H49NO2/c1-18(2)8-7-9-19(3)21-11-12-22-20-10-13-24(29)27(5,17-15-25(30)28-6)23(20)14-16-26(21,22)4/h18-24,29H,7-17H2,1-6H3,(H,28,30). The van der Waals surface area contributed by atoms with Crippen molar-refractivity contribution in [3.8, 4) is 0 Å². The van der Waals surface area contributed by atoms with Crippen molar-refractivity contribution in [3.63, 3.8) is 0 Å². The lowest BCUT2D eigenvalue weighted by atomic mass is 9.47. The molecule has 0 bridgehead atoms. The highest BCUT2D eigenvalue weighted by Crippen LogP contribution is 2.66. The van der Waals surface area contributed by atoms with Crippen LogP contribution in [-0.2, 0) is 4.79 Å². The molecule has 3 aliphatic carbocycles. The number of nitrogens with one attached hydrogen (secondary N) is 1. The second-order valence-electron chi connectivity index (χ2n) is 12.2. The Hall–Kier alpha value is -0.570. The highest BCUT2D eigenvalue weighted by Gasteiger charge is 2.59. The maximum absolute atomic E-state index is 12.0. The van der Waals surface area contributed by atoms with Crippen LogP contribution < -0.4 is 5.32 Å². The van der Waals surface area contributed by atoms with Gasteiger partial charge in [-0.15, -0.1) is 0 Å². The number of hydrogen-bond acceptors (Lipinski definition) is 2. The Morgan fingerprint density at radius 1 is 1.03 bits per heavy atom. The maximum Gasteiger partial charge on any atom is 0.219 e. The summed E-state index contributed by atoms with van der Waals surface area (Å²) in [5.74, 6) is 4.79. The third kappa shape index (κ3) is 4.48. The van der Waals surface area contributed by atoms with Crippen LogP contribution in [0, 0.1) is 46.3 Å².